The van der Waals surface area contributed by atoms with Gasteiger partial charge in [-0.2, -0.15) is 0 Å². The van der Waals surface area contributed by atoms with Crippen LogP contribution in [-0.2, 0) is 19.7 Å². The Hall–Kier alpha value is -2.08. The van der Waals surface area contributed by atoms with Crippen molar-refractivity contribution in [2.45, 2.75) is 63.5 Å². The van der Waals surface area contributed by atoms with Crippen LogP contribution < -0.4 is 4.90 Å². The molecule has 1 aromatic carbocycles. The van der Waals surface area contributed by atoms with Crippen molar-refractivity contribution < 1.29 is 19.1 Å². The first-order valence-corrected chi connectivity index (χ1v) is 10.1. The molecule has 1 saturated heterocycles. The monoisotopic (exact) mass is 404 g/mol. The highest BCUT2D eigenvalue weighted by molar-refractivity contribution is 6.31. The Kier molecular flexibility index (Phi) is 4.45. The highest BCUT2D eigenvalue weighted by Gasteiger charge is 2.55. The van der Waals surface area contributed by atoms with Gasteiger partial charge in [-0.25, -0.2) is 4.79 Å². The van der Waals surface area contributed by atoms with Gasteiger partial charge >= 0.3 is 6.09 Å². The number of carbonyl (C=O) groups is 3. The van der Waals surface area contributed by atoms with Gasteiger partial charge in [-0.1, -0.05) is 11.6 Å². The van der Waals surface area contributed by atoms with Gasteiger partial charge in [0.1, 0.15) is 11.4 Å². The summed E-state index contributed by atoms with van der Waals surface area (Å²) >= 11 is 6.26. The minimum absolute atomic E-state index is 0.0334. The van der Waals surface area contributed by atoms with Crippen molar-refractivity contribution in [2.75, 3.05) is 18.0 Å². The van der Waals surface area contributed by atoms with Gasteiger partial charge < -0.3 is 14.5 Å². The van der Waals surface area contributed by atoms with Crippen molar-refractivity contribution in [2.24, 2.45) is 0 Å². The summed E-state index contributed by atoms with van der Waals surface area (Å²) in [6, 6.07) is 5.48. The van der Waals surface area contributed by atoms with E-state index < -0.39 is 11.0 Å². The second kappa shape index (κ2) is 6.48. The third-order valence-corrected chi connectivity index (χ3v) is 6.16. The third kappa shape index (κ3) is 3.08. The second-order valence-electron chi connectivity index (χ2n) is 8.99. The summed E-state index contributed by atoms with van der Waals surface area (Å²) in [6.07, 6.45) is 1.52. The SMILES string of the molecule is CC(C)(C)OC(=O)N1CCC2(CC1)C(=O)N(C1CC(=O)C1)c1ccc(Cl)cc12. The molecule has 2 amide bonds. The summed E-state index contributed by atoms with van der Waals surface area (Å²) in [5.41, 5.74) is 0.548. The number of ether oxygens (including phenoxy) is 1. The van der Waals surface area contributed by atoms with Gasteiger partial charge in [0, 0.05) is 36.6 Å². The minimum Gasteiger partial charge on any atom is -0.444 e. The number of piperidine rings is 1. The molecule has 2 fully saturated rings. The van der Waals surface area contributed by atoms with E-state index in [9.17, 15) is 14.4 Å². The molecule has 2 aliphatic heterocycles. The number of rotatable bonds is 1. The summed E-state index contributed by atoms with van der Waals surface area (Å²) < 4.78 is 5.47. The van der Waals surface area contributed by atoms with E-state index in [0.717, 1.165) is 11.3 Å². The molecule has 0 unspecified atom stereocenters. The molecule has 1 saturated carbocycles. The lowest BCUT2D eigenvalue weighted by Crippen LogP contribution is -2.54. The van der Waals surface area contributed by atoms with Crippen LogP contribution in [0.5, 0.6) is 0 Å². The number of anilines is 1. The van der Waals surface area contributed by atoms with Gasteiger partial charge in [0.25, 0.3) is 0 Å². The van der Waals surface area contributed by atoms with Crippen LogP contribution in [0.3, 0.4) is 0 Å². The molecule has 0 atom stereocenters. The van der Waals surface area contributed by atoms with E-state index in [2.05, 4.69) is 0 Å². The number of benzene rings is 1. The zero-order valence-electron chi connectivity index (χ0n) is 16.5. The molecular weight excluding hydrogens is 380 g/mol. The molecule has 1 aromatic rings. The van der Waals surface area contributed by atoms with Gasteiger partial charge in [0.2, 0.25) is 5.91 Å². The highest BCUT2D eigenvalue weighted by Crippen LogP contribution is 2.51. The normalized spacial score (nSPS) is 21.7. The van der Waals surface area contributed by atoms with Crippen molar-refractivity contribution >= 4 is 35.1 Å². The Morgan fingerprint density at radius 1 is 1.18 bits per heavy atom. The van der Waals surface area contributed by atoms with Crippen molar-refractivity contribution in [3.05, 3.63) is 28.8 Å². The first kappa shape index (κ1) is 19.2. The minimum atomic E-state index is -0.683. The van der Waals surface area contributed by atoms with Crippen LogP contribution >= 0.6 is 11.6 Å². The lowest BCUT2D eigenvalue weighted by atomic mass is 9.73. The Morgan fingerprint density at radius 2 is 1.82 bits per heavy atom. The highest BCUT2D eigenvalue weighted by atomic mass is 35.5. The standard InChI is InChI=1S/C21H25ClN2O4/c1-20(2,3)28-19(27)23-8-6-21(7-9-23)16-10-13(22)4-5-17(16)24(18(21)26)14-11-15(25)12-14/h4-5,10,14H,6-9,11-12H2,1-3H3. The van der Waals surface area contributed by atoms with Crippen LogP contribution in [0.4, 0.5) is 10.5 Å². The Morgan fingerprint density at radius 3 is 2.39 bits per heavy atom. The number of ketones is 1. The smallest absolute Gasteiger partial charge is 0.410 e. The topological polar surface area (TPSA) is 66.9 Å². The zero-order valence-corrected chi connectivity index (χ0v) is 17.2. The fourth-order valence-corrected chi connectivity index (χ4v) is 4.62. The maximum atomic E-state index is 13.5. The molecule has 6 nitrogen and oxygen atoms in total. The maximum absolute atomic E-state index is 13.5. The van der Waals surface area contributed by atoms with E-state index in [1.165, 1.54) is 0 Å². The molecule has 4 rings (SSSR count). The van der Waals surface area contributed by atoms with Gasteiger partial charge in [-0.15, -0.1) is 0 Å². The van der Waals surface area contributed by atoms with Crippen molar-refractivity contribution in [1.29, 1.82) is 0 Å². The van der Waals surface area contributed by atoms with Crippen LogP contribution in [0.2, 0.25) is 5.02 Å². The number of hydrogen-bond donors (Lipinski definition) is 0. The van der Waals surface area contributed by atoms with Gasteiger partial charge in [0.15, 0.2) is 0 Å². The van der Waals surface area contributed by atoms with Crippen LogP contribution in [0.15, 0.2) is 18.2 Å². The van der Waals surface area contributed by atoms with E-state index in [1.807, 2.05) is 32.9 Å². The first-order chi connectivity index (χ1) is 13.1. The van der Waals surface area contributed by atoms with Crippen molar-refractivity contribution in [3.8, 4) is 0 Å². The maximum Gasteiger partial charge on any atom is 0.410 e. The summed E-state index contributed by atoms with van der Waals surface area (Å²) in [7, 11) is 0. The molecule has 0 N–H and O–H groups in total. The number of halogens is 1. The third-order valence-electron chi connectivity index (χ3n) is 5.92. The number of hydrogen-bond acceptors (Lipinski definition) is 4. The summed E-state index contributed by atoms with van der Waals surface area (Å²) in [4.78, 5) is 40.9. The summed E-state index contributed by atoms with van der Waals surface area (Å²) in [5.74, 6) is 0.222. The lowest BCUT2D eigenvalue weighted by Gasteiger charge is -2.40. The van der Waals surface area contributed by atoms with Gasteiger partial charge in [0.05, 0.1) is 11.5 Å². The van der Waals surface area contributed by atoms with E-state index in [4.69, 9.17) is 16.3 Å². The fourth-order valence-electron chi connectivity index (χ4n) is 4.45. The average molecular weight is 405 g/mol. The molecular formula is C21H25ClN2O4. The number of amides is 2. The van der Waals surface area contributed by atoms with E-state index in [1.54, 1.807) is 15.9 Å². The molecule has 2 heterocycles. The van der Waals surface area contributed by atoms with Crippen molar-refractivity contribution in [1.82, 2.24) is 4.90 Å². The number of Topliss-reactive ketones (excluding diaryl/α,β-unsaturated/α-hetero) is 1. The molecule has 0 bridgehead atoms. The molecule has 150 valence electrons. The molecule has 1 spiro atoms. The number of likely N-dealkylation sites (tertiary alicyclic amines) is 1. The Balaban J connectivity index is 1.60. The molecule has 0 radical (unpaired) electrons. The predicted octanol–water partition coefficient (Wildman–Crippen LogP) is 3.69. The predicted molar refractivity (Wildman–Crippen MR) is 106 cm³/mol. The van der Waals surface area contributed by atoms with Crippen LogP contribution in [0.25, 0.3) is 0 Å². The summed E-state index contributed by atoms with van der Waals surface area (Å²) in [6.45, 7) is 6.42. The Bertz CT molecular complexity index is 844. The molecule has 7 heteroatoms. The first-order valence-electron chi connectivity index (χ1n) is 9.74. The lowest BCUT2D eigenvalue weighted by molar-refractivity contribution is -0.128. The largest absolute Gasteiger partial charge is 0.444 e. The number of fused-ring (bicyclic) bond motifs is 2. The fraction of sp³-hybridized carbons (Fsp3) is 0.571. The van der Waals surface area contributed by atoms with Crippen molar-refractivity contribution in [3.63, 3.8) is 0 Å². The number of nitrogens with zero attached hydrogens (tertiary/aromatic N) is 2. The average Bonchev–Trinajstić information content (AvgIpc) is 2.80. The Labute approximate surface area is 169 Å². The molecule has 0 aromatic heterocycles. The molecule has 3 aliphatic rings. The van der Waals surface area contributed by atoms with Crippen LogP contribution in [0, 0.1) is 0 Å². The van der Waals surface area contributed by atoms with Gasteiger partial charge in [-0.3, -0.25) is 9.59 Å². The zero-order chi connectivity index (χ0) is 20.3. The van der Waals surface area contributed by atoms with E-state index in [0.29, 0.717) is 43.8 Å². The van der Waals surface area contributed by atoms with Gasteiger partial charge in [-0.05, 0) is 57.4 Å². The number of carbonyl (C=O) groups excluding carboxylic acids is 3. The molecule has 28 heavy (non-hydrogen) atoms. The van der Waals surface area contributed by atoms with E-state index >= 15 is 0 Å². The van der Waals surface area contributed by atoms with Crippen LogP contribution in [-0.4, -0.2) is 47.4 Å². The molecule has 1 aliphatic carbocycles. The second-order valence-corrected chi connectivity index (χ2v) is 9.42. The van der Waals surface area contributed by atoms with Crippen LogP contribution in [0.1, 0.15) is 52.0 Å². The summed E-state index contributed by atoms with van der Waals surface area (Å²) in [5, 5.41) is 0.590. The van der Waals surface area contributed by atoms with E-state index in [-0.39, 0.29) is 23.8 Å². The quantitative estimate of drug-likeness (QED) is 0.716.